The number of hydrogen-bond acceptors (Lipinski definition) is 3. The molecule has 108 valence electrons. The summed E-state index contributed by atoms with van der Waals surface area (Å²) >= 11 is 5.74. The zero-order valence-electron chi connectivity index (χ0n) is 10.8. The maximum absolute atomic E-state index is 13.6. The van der Waals surface area contributed by atoms with E-state index >= 15 is 0 Å². The topological polar surface area (TPSA) is 49.4 Å². The van der Waals surface area contributed by atoms with Gasteiger partial charge < -0.3 is 5.32 Å². The molecule has 1 aliphatic rings. The van der Waals surface area contributed by atoms with Crippen LogP contribution in [0.4, 0.5) is 14.5 Å². The molecule has 2 amide bonds. The summed E-state index contributed by atoms with van der Waals surface area (Å²) in [5.41, 5.74) is -0.169. The SMILES string of the molecule is CCCN1C(=O)CC(Nc2c(F)cc(F)cc2Cl)C1=O. The lowest BCUT2D eigenvalue weighted by Gasteiger charge is -2.16. The Morgan fingerprint density at radius 1 is 1.40 bits per heavy atom. The van der Waals surface area contributed by atoms with Crippen molar-refractivity contribution >= 4 is 29.1 Å². The molecule has 0 bridgehead atoms. The molecule has 1 atom stereocenters. The maximum Gasteiger partial charge on any atom is 0.252 e. The van der Waals surface area contributed by atoms with Crippen LogP contribution in [-0.2, 0) is 9.59 Å². The van der Waals surface area contributed by atoms with Crippen molar-refractivity contribution in [3.05, 3.63) is 28.8 Å². The second kappa shape index (κ2) is 5.75. The molecule has 1 heterocycles. The van der Waals surface area contributed by atoms with Crippen LogP contribution in [0.5, 0.6) is 0 Å². The molecule has 1 unspecified atom stereocenters. The molecule has 0 spiro atoms. The molecule has 0 aromatic heterocycles. The van der Waals surface area contributed by atoms with Gasteiger partial charge in [0.05, 0.1) is 17.1 Å². The first-order valence-electron chi connectivity index (χ1n) is 6.19. The Kier molecular flexibility index (Phi) is 4.23. The average Bonchev–Trinajstić information content (AvgIpc) is 2.62. The van der Waals surface area contributed by atoms with Crippen molar-refractivity contribution in [2.75, 3.05) is 11.9 Å². The summed E-state index contributed by atoms with van der Waals surface area (Å²) in [5, 5.41) is 2.42. The van der Waals surface area contributed by atoms with Crippen LogP contribution in [0.15, 0.2) is 12.1 Å². The zero-order chi connectivity index (χ0) is 14.9. The van der Waals surface area contributed by atoms with Gasteiger partial charge in [-0.15, -0.1) is 0 Å². The number of likely N-dealkylation sites (tertiary alicyclic amines) is 1. The lowest BCUT2D eigenvalue weighted by Crippen LogP contribution is -2.35. The fourth-order valence-corrected chi connectivity index (χ4v) is 2.36. The minimum Gasteiger partial charge on any atom is -0.370 e. The van der Waals surface area contributed by atoms with Gasteiger partial charge in [0.2, 0.25) is 5.91 Å². The Hall–Kier alpha value is -1.69. The van der Waals surface area contributed by atoms with E-state index < -0.39 is 23.6 Å². The molecule has 7 heteroatoms. The van der Waals surface area contributed by atoms with Crippen LogP contribution in [0.3, 0.4) is 0 Å². The van der Waals surface area contributed by atoms with Crippen molar-refractivity contribution in [1.29, 1.82) is 0 Å². The van der Waals surface area contributed by atoms with Crippen LogP contribution >= 0.6 is 11.6 Å². The highest BCUT2D eigenvalue weighted by Gasteiger charge is 2.38. The monoisotopic (exact) mass is 302 g/mol. The molecule has 1 fully saturated rings. The highest BCUT2D eigenvalue weighted by Crippen LogP contribution is 2.29. The zero-order valence-corrected chi connectivity index (χ0v) is 11.5. The molecule has 0 radical (unpaired) electrons. The second-order valence-corrected chi connectivity index (χ2v) is 4.94. The van der Waals surface area contributed by atoms with Gasteiger partial charge in [-0.2, -0.15) is 0 Å². The minimum absolute atomic E-state index is 0.0635. The van der Waals surface area contributed by atoms with Crippen LogP contribution in [0, 0.1) is 11.6 Å². The van der Waals surface area contributed by atoms with E-state index in [0.29, 0.717) is 19.0 Å². The molecular formula is C13H13ClF2N2O2. The van der Waals surface area contributed by atoms with Crippen molar-refractivity contribution in [3.63, 3.8) is 0 Å². The van der Waals surface area contributed by atoms with Crippen LogP contribution in [0.1, 0.15) is 19.8 Å². The lowest BCUT2D eigenvalue weighted by atomic mass is 10.2. The van der Waals surface area contributed by atoms with Gasteiger partial charge in [-0.25, -0.2) is 8.78 Å². The number of nitrogens with zero attached hydrogens (tertiary/aromatic N) is 1. The standard InChI is InChI=1S/C13H13ClF2N2O2/c1-2-3-18-11(19)6-10(13(18)20)17-12-8(14)4-7(15)5-9(12)16/h4-5,10,17H,2-3,6H2,1H3. The van der Waals surface area contributed by atoms with Gasteiger partial charge in [-0.3, -0.25) is 14.5 Å². The first-order chi connectivity index (χ1) is 9.43. The largest absolute Gasteiger partial charge is 0.370 e. The summed E-state index contributed by atoms with van der Waals surface area (Å²) in [6, 6.07) is 0.739. The number of benzene rings is 1. The highest BCUT2D eigenvalue weighted by molar-refractivity contribution is 6.33. The van der Waals surface area contributed by atoms with E-state index in [1.165, 1.54) is 0 Å². The molecule has 20 heavy (non-hydrogen) atoms. The van der Waals surface area contributed by atoms with Gasteiger partial charge in [0.1, 0.15) is 11.9 Å². The summed E-state index contributed by atoms with van der Waals surface area (Å²) in [6.07, 6.45) is 0.585. The Morgan fingerprint density at radius 3 is 2.70 bits per heavy atom. The fraction of sp³-hybridized carbons (Fsp3) is 0.385. The third-order valence-corrected chi connectivity index (χ3v) is 3.31. The summed E-state index contributed by atoms with van der Waals surface area (Å²) < 4.78 is 26.6. The third kappa shape index (κ3) is 2.75. The average molecular weight is 303 g/mol. The van der Waals surface area contributed by atoms with Crippen molar-refractivity contribution in [3.8, 4) is 0 Å². The molecule has 2 rings (SSSR count). The summed E-state index contributed by atoms with van der Waals surface area (Å²) in [6.45, 7) is 2.17. The van der Waals surface area contributed by atoms with Crippen molar-refractivity contribution in [2.45, 2.75) is 25.8 Å². The van der Waals surface area contributed by atoms with E-state index in [1.54, 1.807) is 0 Å². The van der Waals surface area contributed by atoms with Crippen molar-refractivity contribution in [2.24, 2.45) is 0 Å². The predicted molar refractivity (Wildman–Crippen MR) is 70.4 cm³/mol. The molecular weight excluding hydrogens is 290 g/mol. The highest BCUT2D eigenvalue weighted by atomic mass is 35.5. The van der Waals surface area contributed by atoms with E-state index in [2.05, 4.69) is 5.32 Å². The molecule has 1 N–H and O–H groups in total. The number of amides is 2. The third-order valence-electron chi connectivity index (χ3n) is 3.02. The normalized spacial score (nSPS) is 18.8. The van der Waals surface area contributed by atoms with Crippen molar-refractivity contribution < 1.29 is 18.4 Å². The van der Waals surface area contributed by atoms with Gasteiger partial charge in [-0.05, 0) is 12.5 Å². The van der Waals surface area contributed by atoms with Crippen LogP contribution in [0.2, 0.25) is 5.02 Å². The van der Waals surface area contributed by atoms with E-state index in [9.17, 15) is 18.4 Å². The molecule has 1 aromatic carbocycles. The number of anilines is 1. The van der Waals surface area contributed by atoms with E-state index in [4.69, 9.17) is 11.6 Å². The molecule has 1 aliphatic heterocycles. The van der Waals surface area contributed by atoms with Gasteiger partial charge in [0.15, 0.2) is 5.82 Å². The maximum atomic E-state index is 13.6. The van der Waals surface area contributed by atoms with Crippen molar-refractivity contribution in [1.82, 2.24) is 4.90 Å². The number of carbonyl (C=O) groups excluding carboxylic acids is 2. The first kappa shape index (κ1) is 14.7. The summed E-state index contributed by atoms with van der Waals surface area (Å²) in [7, 11) is 0. The van der Waals surface area contributed by atoms with Crippen LogP contribution in [-0.4, -0.2) is 29.3 Å². The van der Waals surface area contributed by atoms with Crippen LogP contribution in [0.25, 0.3) is 0 Å². The number of carbonyl (C=O) groups is 2. The second-order valence-electron chi connectivity index (χ2n) is 4.53. The quantitative estimate of drug-likeness (QED) is 0.870. The van der Waals surface area contributed by atoms with Gasteiger partial charge in [0, 0.05) is 12.6 Å². The minimum atomic E-state index is -0.899. The van der Waals surface area contributed by atoms with Gasteiger partial charge in [0.25, 0.3) is 5.91 Å². The fourth-order valence-electron chi connectivity index (χ4n) is 2.11. The Bertz CT molecular complexity index is 542. The number of imide groups is 1. The van der Waals surface area contributed by atoms with Crippen LogP contribution < -0.4 is 5.32 Å². The van der Waals surface area contributed by atoms with E-state index in [-0.39, 0.29) is 23.0 Å². The molecule has 4 nitrogen and oxygen atoms in total. The number of halogens is 3. The summed E-state index contributed by atoms with van der Waals surface area (Å²) in [4.78, 5) is 24.8. The lowest BCUT2D eigenvalue weighted by molar-refractivity contribution is -0.138. The number of nitrogens with one attached hydrogen (secondary N) is 1. The Balaban J connectivity index is 2.20. The molecule has 1 saturated heterocycles. The number of rotatable bonds is 4. The predicted octanol–water partition coefficient (Wildman–Crippen LogP) is 2.57. The van der Waals surface area contributed by atoms with Gasteiger partial charge >= 0.3 is 0 Å². The first-order valence-corrected chi connectivity index (χ1v) is 6.57. The molecule has 1 aromatic rings. The number of hydrogen-bond donors (Lipinski definition) is 1. The van der Waals surface area contributed by atoms with E-state index in [0.717, 1.165) is 11.0 Å². The smallest absolute Gasteiger partial charge is 0.252 e. The molecule has 0 aliphatic carbocycles. The summed E-state index contributed by atoms with van der Waals surface area (Å²) in [5.74, 6) is -2.44. The molecule has 0 saturated carbocycles. The Labute approximate surface area is 119 Å². The van der Waals surface area contributed by atoms with E-state index in [1.807, 2.05) is 6.92 Å². The Morgan fingerprint density at radius 2 is 2.10 bits per heavy atom. The van der Waals surface area contributed by atoms with Gasteiger partial charge in [-0.1, -0.05) is 18.5 Å².